The molecule has 0 radical (unpaired) electrons. The molecule has 0 aliphatic carbocycles. The van der Waals surface area contributed by atoms with Crippen LogP contribution in [0.5, 0.6) is 5.75 Å². The maximum absolute atomic E-state index is 12.7. The van der Waals surface area contributed by atoms with E-state index in [1.165, 1.54) is 18.4 Å². The van der Waals surface area contributed by atoms with Gasteiger partial charge in [0.25, 0.3) is 5.91 Å². The van der Waals surface area contributed by atoms with Gasteiger partial charge in [0.2, 0.25) is 0 Å². The fourth-order valence-electron chi connectivity index (χ4n) is 2.89. The number of aromatic nitrogens is 1. The summed E-state index contributed by atoms with van der Waals surface area (Å²) in [4.78, 5) is 29.7. The second-order valence-electron chi connectivity index (χ2n) is 5.96. The van der Waals surface area contributed by atoms with E-state index in [1.54, 1.807) is 42.0 Å². The van der Waals surface area contributed by atoms with Gasteiger partial charge in [0.05, 0.1) is 24.4 Å². The van der Waals surface area contributed by atoms with Gasteiger partial charge >= 0.3 is 5.97 Å². The Bertz CT molecular complexity index is 1100. The molecular weight excluding hydrogens is 400 g/mol. The third-order valence-electron chi connectivity index (χ3n) is 4.27. The number of thiazole rings is 1. The Morgan fingerprint density at radius 1 is 1.21 bits per heavy atom. The van der Waals surface area contributed by atoms with E-state index in [4.69, 9.17) is 21.1 Å². The van der Waals surface area contributed by atoms with Crippen LogP contribution in [0.3, 0.4) is 0 Å². The molecule has 146 valence electrons. The van der Waals surface area contributed by atoms with Crippen LogP contribution in [0.15, 0.2) is 47.5 Å². The average molecular weight is 419 g/mol. The van der Waals surface area contributed by atoms with Gasteiger partial charge < -0.3 is 14.0 Å². The lowest BCUT2D eigenvalue weighted by molar-refractivity contribution is -0.144. The van der Waals surface area contributed by atoms with Crippen LogP contribution in [-0.2, 0) is 9.53 Å². The van der Waals surface area contributed by atoms with Crippen molar-refractivity contribution in [3.63, 3.8) is 0 Å². The highest BCUT2D eigenvalue weighted by atomic mass is 35.5. The van der Waals surface area contributed by atoms with Gasteiger partial charge in [-0.1, -0.05) is 35.9 Å². The first-order chi connectivity index (χ1) is 13.5. The first kappa shape index (κ1) is 20.1. The SMILES string of the molecule is CCC(C(=O)OC)n1c(=NC(=O)c2cccc(Cl)c2)sc2cc(OC)ccc21. The zero-order chi connectivity index (χ0) is 20.3. The van der Waals surface area contributed by atoms with Gasteiger partial charge in [0, 0.05) is 10.6 Å². The number of hydrogen-bond donors (Lipinski definition) is 0. The van der Waals surface area contributed by atoms with Gasteiger partial charge in [-0.15, -0.1) is 0 Å². The summed E-state index contributed by atoms with van der Waals surface area (Å²) in [5.74, 6) is -0.149. The first-order valence-electron chi connectivity index (χ1n) is 8.60. The number of esters is 1. The number of fused-ring (bicyclic) bond motifs is 1. The number of carbonyl (C=O) groups excluding carboxylic acids is 2. The predicted molar refractivity (Wildman–Crippen MR) is 109 cm³/mol. The van der Waals surface area contributed by atoms with Gasteiger partial charge in [-0.3, -0.25) is 4.79 Å². The molecule has 6 nitrogen and oxygen atoms in total. The van der Waals surface area contributed by atoms with Gasteiger partial charge in [0.15, 0.2) is 4.80 Å². The van der Waals surface area contributed by atoms with Crippen molar-refractivity contribution in [1.82, 2.24) is 4.57 Å². The highest BCUT2D eigenvalue weighted by Gasteiger charge is 2.23. The molecule has 0 fully saturated rings. The number of halogens is 1. The first-order valence-corrected chi connectivity index (χ1v) is 9.79. The van der Waals surface area contributed by atoms with Crippen molar-refractivity contribution < 1.29 is 19.1 Å². The highest BCUT2D eigenvalue weighted by Crippen LogP contribution is 2.27. The van der Waals surface area contributed by atoms with E-state index in [0.717, 1.165) is 10.2 Å². The summed E-state index contributed by atoms with van der Waals surface area (Å²) in [6, 6.07) is 11.5. The molecule has 0 spiro atoms. The zero-order valence-electron chi connectivity index (χ0n) is 15.6. The molecule has 0 aliphatic rings. The molecule has 1 amide bonds. The molecule has 0 saturated heterocycles. The van der Waals surface area contributed by atoms with Crippen LogP contribution in [0.4, 0.5) is 0 Å². The number of methoxy groups -OCH3 is 2. The minimum Gasteiger partial charge on any atom is -0.497 e. The van der Waals surface area contributed by atoms with Gasteiger partial charge in [0.1, 0.15) is 11.8 Å². The molecule has 1 atom stereocenters. The third-order valence-corrected chi connectivity index (χ3v) is 5.53. The van der Waals surface area contributed by atoms with E-state index in [0.29, 0.717) is 27.6 Å². The number of hydrogen-bond acceptors (Lipinski definition) is 5. The van der Waals surface area contributed by atoms with Crippen LogP contribution in [-0.4, -0.2) is 30.7 Å². The largest absolute Gasteiger partial charge is 0.497 e. The summed E-state index contributed by atoms with van der Waals surface area (Å²) >= 11 is 7.29. The Morgan fingerprint density at radius 2 is 2.00 bits per heavy atom. The summed E-state index contributed by atoms with van der Waals surface area (Å²) in [7, 11) is 2.93. The second kappa shape index (κ2) is 8.58. The minimum absolute atomic E-state index is 0.375. The number of amides is 1. The molecule has 8 heteroatoms. The summed E-state index contributed by atoms with van der Waals surface area (Å²) in [6.45, 7) is 1.88. The molecular formula is C20H19ClN2O4S. The molecule has 3 rings (SSSR count). The third kappa shape index (κ3) is 3.95. The molecule has 1 heterocycles. The fraction of sp³-hybridized carbons (Fsp3) is 0.250. The lowest BCUT2D eigenvalue weighted by Gasteiger charge is -2.15. The van der Waals surface area contributed by atoms with Crippen molar-refractivity contribution in [2.45, 2.75) is 19.4 Å². The average Bonchev–Trinajstić information content (AvgIpc) is 3.05. The number of benzene rings is 2. The molecule has 0 bridgehead atoms. The monoisotopic (exact) mass is 418 g/mol. The number of carbonyl (C=O) groups is 2. The van der Waals surface area contributed by atoms with E-state index in [2.05, 4.69) is 4.99 Å². The number of rotatable bonds is 5. The van der Waals surface area contributed by atoms with Crippen LogP contribution in [0, 0.1) is 0 Å². The van der Waals surface area contributed by atoms with Gasteiger partial charge in [-0.2, -0.15) is 4.99 Å². The van der Waals surface area contributed by atoms with Crippen molar-refractivity contribution in [1.29, 1.82) is 0 Å². The molecule has 1 aromatic heterocycles. The Balaban J connectivity index is 2.23. The Kier molecular flexibility index (Phi) is 6.16. The van der Waals surface area contributed by atoms with Crippen LogP contribution in [0.25, 0.3) is 10.2 Å². The fourth-order valence-corrected chi connectivity index (χ4v) is 4.18. The predicted octanol–water partition coefficient (Wildman–Crippen LogP) is 4.23. The summed E-state index contributed by atoms with van der Waals surface area (Å²) in [6.07, 6.45) is 0.489. The Hall–Kier alpha value is -2.64. The standard InChI is InChI=1S/C20H19ClN2O4S/c1-4-15(19(25)27-3)23-16-9-8-14(26-2)11-17(16)28-20(23)22-18(24)12-6-5-7-13(21)10-12/h5-11,15H,4H2,1-3H3. The normalized spacial score (nSPS) is 12.8. The van der Waals surface area contributed by atoms with Crippen molar-refractivity contribution in [3.8, 4) is 5.75 Å². The van der Waals surface area contributed by atoms with Crippen LogP contribution >= 0.6 is 22.9 Å². The van der Waals surface area contributed by atoms with Gasteiger partial charge in [-0.05, 0) is 42.8 Å². The van der Waals surface area contributed by atoms with E-state index >= 15 is 0 Å². The molecule has 2 aromatic carbocycles. The second-order valence-corrected chi connectivity index (χ2v) is 7.41. The van der Waals surface area contributed by atoms with Crippen molar-refractivity contribution in [2.75, 3.05) is 14.2 Å². The summed E-state index contributed by atoms with van der Waals surface area (Å²) in [5.41, 5.74) is 1.15. The molecule has 0 N–H and O–H groups in total. The molecule has 0 saturated carbocycles. The molecule has 3 aromatic rings. The number of nitrogens with zero attached hydrogens (tertiary/aromatic N) is 2. The van der Waals surface area contributed by atoms with Crippen molar-refractivity contribution in [2.24, 2.45) is 4.99 Å². The van der Waals surface area contributed by atoms with E-state index < -0.39 is 17.9 Å². The van der Waals surface area contributed by atoms with E-state index in [1.807, 2.05) is 19.1 Å². The molecule has 0 aliphatic heterocycles. The Labute approximate surface area is 171 Å². The maximum atomic E-state index is 12.7. The lowest BCUT2D eigenvalue weighted by Crippen LogP contribution is -2.28. The van der Waals surface area contributed by atoms with Gasteiger partial charge in [-0.25, -0.2) is 4.79 Å². The maximum Gasteiger partial charge on any atom is 0.328 e. The van der Waals surface area contributed by atoms with Crippen LogP contribution in [0.1, 0.15) is 29.7 Å². The minimum atomic E-state index is -0.599. The molecule has 28 heavy (non-hydrogen) atoms. The van der Waals surface area contributed by atoms with Crippen molar-refractivity contribution in [3.05, 3.63) is 57.9 Å². The van der Waals surface area contributed by atoms with Crippen molar-refractivity contribution >= 4 is 45.0 Å². The van der Waals surface area contributed by atoms with E-state index in [9.17, 15) is 9.59 Å². The number of ether oxygens (including phenoxy) is 2. The lowest BCUT2D eigenvalue weighted by atomic mass is 10.2. The smallest absolute Gasteiger partial charge is 0.328 e. The van der Waals surface area contributed by atoms with E-state index in [-0.39, 0.29) is 0 Å². The topological polar surface area (TPSA) is 69.9 Å². The Morgan fingerprint density at radius 3 is 2.64 bits per heavy atom. The quantitative estimate of drug-likeness (QED) is 0.581. The zero-order valence-corrected chi connectivity index (χ0v) is 17.2. The molecule has 1 unspecified atom stereocenters. The van der Waals surface area contributed by atoms with Crippen LogP contribution in [0.2, 0.25) is 5.02 Å². The van der Waals surface area contributed by atoms with Crippen LogP contribution < -0.4 is 9.54 Å². The highest BCUT2D eigenvalue weighted by molar-refractivity contribution is 7.16. The summed E-state index contributed by atoms with van der Waals surface area (Å²) < 4.78 is 12.8. The summed E-state index contributed by atoms with van der Waals surface area (Å²) in [5, 5.41) is 0.455.